The van der Waals surface area contributed by atoms with Gasteiger partial charge in [0.15, 0.2) is 0 Å². The molecule has 110 valence electrons. The molecule has 0 aromatic carbocycles. The van der Waals surface area contributed by atoms with Crippen molar-refractivity contribution in [3.63, 3.8) is 0 Å². The molecule has 0 radical (unpaired) electrons. The van der Waals surface area contributed by atoms with Crippen molar-refractivity contribution in [2.45, 2.75) is 19.9 Å². The first-order valence-corrected chi connectivity index (χ1v) is 7.33. The highest BCUT2D eigenvalue weighted by Crippen LogP contribution is 2.09. The van der Waals surface area contributed by atoms with Gasteiger partial charge < -0.3 is 19.8 Å². The number of ether oxygens (including phenoxy) is 1. The summed E-state index contributed by atoms with van der Waals surface area (Å²) in [5, 5.41) is 17.3. The van der Waals surface area contributed by atoms with Crippen molar-refractivity contribution in [1.29, 1.82) is 0 Å². The maximum Gasteiger partial charge on any atom is 0.315 e. The highest BCUT2D eigenvalue weighted by molar-refractivity contribution is 7.09. The van der Waals surface area contributed by atoms with Gasteiger partial charge in [-0.15, -0.1) is 16.4 Å². The van der Waals surface area contributed by atoms with Gasteiger partial charge in [0.2, 0.25) is 5.89 Å². The SMILES string of the molecule is COCCNCc1nnc(NCCc2csc(C)n2)o1. The van der Waals surface area contributed by atoms with Gasteiger partial charge in [0.1, 0.15) is 0 Å². The Hall–Kier alpha value is -1.51. The molecular weight excluding hydrogens is 278 g/mol. The third-order valence-corrected chi connectivity index (χ3v) is 3.37. The number of thiazole rings is 1. The van der Waals surface area contributed by atoms with Crippen LogP contribution in [0.25, 0.3) is 0 Å². The second kappa shape index (κ2) is 7.93. The highest BCUT2D eigenvalue weighted by atomic mass is 32.1. The van der Waals surface area contributed by atoms with E-state index in [2.05, 4.69) is 31.2 Å². The van der Waals surface area contributed by atoms with Crippen molar-refractivity contribution < 1.29 is 9.15 Å². The summed E-state index contributed by atoms with van der Waals surface area (Å²) in [6, 6.07) is 0.445. The van der Waals surface area contributed by atoms with Gasteiger partial charge in [-0.1, -0.05) is 5.10 Å². The molecule has 0 aliphatic heterocycles. The minimum Gasteiger partial charge on any atom is -0.407 e. The van der Waals surface area contributed by atoms with Crippen molar-refractivity contribution in [2.75, 3.05) is 32.1 Å². The van der Waals surface area contributed by atoms with Crippen molar-refractivity contribution in [3.05, 3.63) is 22.0 Å². The Morgan fingerprint density at radius 3 is 3.00 bits per heavy atom. The molecule has 0 aliphatic carbocycles. The van der Waals surface area contributed by atoms with Crippen molar-refractivity contribution in [3.8, 4) is 0 Å². The van der Waals surface area contributed by atoms with Gasteiger partial charge in [0.25, 0.3) is 0 Å². The molecule has 20 heavy (non-hydrogen) atoms. The average Bonchev–Trinajstić information content (AvgIpc) is 3.05. The predicted molar refractivity (Wildman–Crippen MR) is 76.9 cm³/mol. The van der Waals surface area contributed by atoms with Crippen LogP contribution in [0.15, 0.2) is 9.80 Å². The van der Waals surface area contributed by atoms with E-state index in [9.17, 15) is 0 Å². The van der Waals surface area contributed by atoms with E-state index in [4.69, 9.17) is 9.15 Å². The zero-order valence-corrected chi connectivity index (χ0v) is 12.5. The molecule has 0 fully saturated rings. The fourth-order valence-electron chi connectivity index (χ4n) is 1.59. The van der Waals surface area contributed by atoms with Crippen LogP contribution in [0.3, 0.4) is 0 Å². The fourth-order valence-corrected chi connectivity index (χ4v) is 2.23. The van der Waals surface area contributed by atoms with Crippen molar-refractivity contribution in [2.24, 2.45) is 0 Å². The van der Waals surface area contributed by atoms with Crippen LogP contribution in [0.4, 0.5) is 6.01 Å². The van der Waals surface area contributed by atoms with Gasteiger partial charge in [0.05, 0.1) is 23.9 Å². The van der Waals surface area contributed by atoms with Gasteiger partial charge in [-0.3, -0.25) is 0 Å². The topological polar surface area (TPSA) is 85.1 Å². The Labute approximate surface area is 121 Å². The maximum absolute atomic E-state index is 5.45. The number of rotatable bonds is 9. The van der Waals surface area contributed by atoms with Gasteiger partial charge >= 0.3 is 6.01 Å². The molecule has 0 amide bonds. The molecule has 0 unspecified atom stereocenters. The first kappa shape index (κ1) is 14.9. The molecule has 0 saturated carbocycles. The molecule has 2 aromatic heterocycles. The Morgan fingerprint density at radius 1 is 1.35 bits per heavy atom. The van der Waals surface area contributed by atoms with E-state index in [0.29, 0.717) is 25.1 Å². The maximum atomic E-state index is 5.45. The molecular formula is C12H19N5O2S. The molecule has 2 aromatic rings. The quantitative estimate of drug-likeness (QED) is 0.673. The molecule has 7 nitrogen and oxygen atoms in total. The molecule has 0 atom stereocenters. The third-order valence-electron chi connectivity index (χ3n) is 2.55. The van der Waals surface area contributed by atoms with Crippen LogP contribution >= 0.6 is 11.3 Å². The van der Waals surface area contributed by atoms with Crippen LogP contribution in [0, 0.1) is 6.92 Å². The van der Waals surface area contributed by atoms with E-state index in [0.717, 1.165) is 30.2 Å². The van der Waals surface area contributed by atoms with Crippen LogP contribution in [0.2, 0.25) is 0 Å². The van der Waals surface area contributed by atoms with Gasteiger partial charge in [-0.05, 0) is 6.92 Å². The van der Waals surface area contributed by atoms with Gasteiger partial charge in [-0.2, -0.15) is 0 Å². The predicted octanol–water partition coefficient (Wildman–Crippen LogP) is 1.23. The standard InChI is InChI=1S/C12H19N5O2S/c1-9-15-10(8-20-9)3-4-14-12-17-16-11(19-12)7-13-5-6-18-2/h8,13H,3-7H2,1-2H3,(H,14,17). The molecule has 8 heteroatoms. The minimum absolute atomic E-state index is 0.445. The Morgan fingerprint density at radius 2 is 2.25 bits per heavy atom. The highest BCUT2D eigenvalue weighted by Gasteiger charge is 2.05. The lowest BCUT2D eigenvalue weighted by Gasteiger charge is -2.00. The zero-order chi connectivity index (χ0) is 14.2. The lowest BCUT2D eigenvalue weighted by molar-refractivity contribution is 0.198. The fraction of sp³-hybridized carbons (Fsp3) is 0.583. The van der Waals surface area contributed by atoms with E-state index in [1.807, 2.05) is 6.92 Å². The van der Waals surface area contributed by atoms with Gasteiger partial charge in [-0.25, -0.2) is 4.98 Å². The number of methoxy groups -OCH3 is 1. The van der Waals surface area contributed by atoms with E-state index < -0.39 is 0 Å². The summed E-state index contributed by atoms with van der Waals surface area (Å²) in [6.45, 7) is 4.69. The number of nitrogens with one attached hydrogen (secondary N) is 2. The minimum atomic E-state index is 0.445. The van der Waals surface area contributed by atoms with Crippen molar-refractivity contribution in [1.82, 2.24) is 20.5 Å². The monoisotopic (exact) mass is 297 g/mol. The average molecular weight is 297 g/mol. The molecule has 0 saturated heterocycles. The largest absolute Gasteiger partial charge is 0.407 e. The molecule has 2 heterocycles. The summed E-state index contributed by atoms with van der Waals surface area (Å²) >= 11 is 1.66. The number of hydrogen-bond donors (Lipinski definition) is 2. The lowest BCUT2D eigenvalue weighted by atomic mass is 10.3. The molecule has 2 rings (SSSR count). The van der Waals surface area contributed by atoms with E-state index >= 15 is 0 Å². The second-order valence-corrected chi connectivity index (χ2v) is 5.27. The van der Waals surface area contributed by atoms with E-state index in [-0.39, 0.29) is 0 Å². The second-order valence-electron chi connectivity index (χ2n) is 4.21. The van der Waals surface area contributed by atoms with Gasteiger partial charge in [0, 0.05) is 32.0 Å². The molecule has 0 spiro atoms. The van der Waals surface area contributed by atoms with Crippen LogP contribution in [0.5, 0.6) is 0 Å². The Bertz CT molecular complexity index is 513. The first-order valence-electron chi connectivity index (χ1n) is 6.45. The molecule has 2 N–H and O–H groups in total. The summed E-state index contributed by atoms with van der Waals surface area (Å²) in [6.07, 6.45) is 0.841. The summed E-state index contributed by atoms with van der Waals surface area (Å²) in [5.74, 6) is 0.563. The number of hydrogen-bond acceptors (Lipinski definition) is 8. The summed E-state index contributed by atoms with van der Waals surface area (Å²) < 4.78 is 10.4. The van der Waals surface area contributed by atoms with Crippen LogP contribution in [-0.2, 0) is 17.7 Å². The Kier molecular flexibility index (Phi) is 5.90. The Balaban J connectivity index is 1.67. The third kappa shape index (κ3) is 4.87. The van der Waals surface area contributed by atoms with E-state index in [1.54, 1.807) is 18.4 Å². The zero-order valence-electron chi connectivity index (χ0n) is 11.7. The number of nitrogens with zero attached hydrogens (tertiary/aromatic N) is 3. The normalized spacial score (nSPS) is 10.9. The lowest BCUT2D eigenvalue weighted by Crippen LogP contribution is -2.18. The van der Waals surface area contributed by atoms with Crippen molar-refractivity contribution >= 4 is 17.4 Å². The summed E-state index contributed by atoms with van der Waals surface area (Å²) in [5.41, 5.74) is 1.08. The van der Waals surface area contributed by atoms with E-state index in [1.165, 1.54) is 0 Å². The smallest absolute Gasteiger partial charge is 0.315 e. The molecule has 0 aliphatic rings. The molecule has 0 bridgehead atoms. The number of aryl methyl sites for hydroxylation is 1. The summed E-state index contributed by atoms with van der Waals surface area (Å²) in [7, 11) is 1.67. The first-order chi connectivity index (χ1) is 9.78. The summed E-state index contributed by atoms with van der Waals surface area (Å²) in [4.78, 5) is 4.40. The van der Waals surface area contributed by atoms with Crippen LogP contribution < -0.4 is 10.6 Å². The van der Waals surface area contributed by atoms with Crippen LogP contribution in [0.1, 0.15) is 16.6 Å². The number of aromatic nitrogens is 3. The number of anilines is 1. The van der Waals surface area contributed by atoms with Crippen LogP contribution in [-0.4, -0.2) is 42.0 Å².